The van der Waals surface area contributed by atoms with E-state index < -0.39 is 4.92 Å². The Kier molecular flexibility index (Phi) is 2.64. The number of benzene rings is 1. The van der Waals surface area contributed by atoms with Crippen LogP contribution in [0, 0.1) is 10.1 Å². The summed E-state index contributed by atoms with van der Waals surface area (Å²) >= 11 is 1.37. The molecule has 0 amide bonds. The molecule has 0 spiro atoms. The summed E-state index contributed by atoms with van der Waals surface area (Å²) in [4.78, 5) is 14.7. The van der Waals surface area contributed by atoms with E-state index in [0.29, 0.717) is 5.13 Å². The lowest BCUT2D eigenvalue weighted by molar-refractivity contribution is -0.384. The molecule has 2 aromatic heterocycles. The summed E-state index contributed by atoms with van der Waals surface area (Å²) in [6.07, 6.45) is 3.52. The van der Waals surface area contributed by atoms with Gasteiger partial charge in [-0.2, -0.15) is 5.10 Å². The Hall–Kier alpha value is -2.48. The highest BCUT2D eigenvalue weighted by Crippen LogP contribution is 2.30. The molecule has 0 aliphatic rings. The van der Waals surface area contributed by atoms with E-state index in [-0.39, 0.29) is 5.69 Å². The molecule has 0 atom stereocenters. The van der Waals surface area contributed by atoms with Gasteiger partial charge in [-0.1, -0.05) is 11.3 Å². The van der Waals surface area contributed by atoms with Crippen molar-refractivity contribution in [2.24, 2.45) is 7.05 Å². The third-order valence-corrected chi connectivity index (χ3v) is 3.47. The van der Waals surface area contributed by atoms with Crippen LogP contribution in [0.5, 0.6) is 0 Å². The summed E-state index contributed by atoms with van der Waals surface area (Å²) in [6, 6.07) is 4.63. The molecule has 0 bridgehead atoms. The number of nitrogens with zero attached hydrogens (tertiary/aromatic N) is 4. The predicted octanol–water partition coefficient (Wildman–Crippen LogP) is 2.68. The summed E-state index contributed by atoms with van der Waals surface area (Å²) in [5.74, 6) is 0. The van der Waals surface area contributed by atoms with Crippen molar-refractivity contribution in [3.05, 3.63) is 40.7 Å². The smallest absolute Gasteiger partial charge is 0.270 e. The lowest BCUT2D eigenvalue weighted by atomic mass is 10.3. The first kappa shape index (κ1) is 11.6. The van der Waals surface area contributed by atoms with Crippen LogP contribution in [-0.4, -0.2) is 19.7 Å². The van der Waals surface area contributed by atoms with Crippen LogP contribution in [-0.2, 0) is 7.05 Å². The van der Waals surface area contributed by atoms with E-state index in [1.807, 2.05) is 13.2 Å². The van der Waals surface area contributed by atoms with Crippen LogP contribution in [0.3, 0.4) is 0 Å². The number of aromatic nitrogens is 3. The van der Waals surface area contributed by atoms with Gasteiger partial charge in [0, 0.05) is 25.4 Å². The van der Waals surface area contributed by atoms with Crippen LogP contribution in [0.1, 0.15) is 0 Å². The maximum atomic E-state index is 10.7. The number of anilines is 2. The summed E-state index contributed by atoms with van der Waals surface area (Å²) < 4.78 is 2.46. The van der Waals surface area contributed by atoms with Gasteiger partial charge in [-0.3, -0.25) is 14.8 Å². The van der Waals surface area contributed by atoms with Crippen molar-refractivity contribution in [1.82, 2.24) is 14.8 Å². The Morgan fingerprint density at radius 2 is 2.32 bits per heavy atom. The van der Waals surface area contributed by atoms with Gasteiger partial charge >= 0.3 is 0 Å². The molecule has 7 nitrogen and oxygen atoms in total. The second kappa shape index (κ2) is 4.32. The van der Waals surface area contributed by atoms with Crippen LogP contribution in [0.15, 0.2) is 30.6 Å². The van der Waals surface area contributed by atoms with Gasteiger partial charge in [0.05, 0.1) is 27.0 Å². The van der Waals surface area contributed by atoms with Gasteiger partial charge in [0.2, 0.25) is 0 Å². The SMILES string of the molecule is Cn1cc(Nc2nc3ccc([N+](=O)[O-])cc3s2)cn1. The quantitative estimate of drug-likeness (QED) is 0.586. The van der Waals surface area contributed by atoms with Gasteiger partial charge < -0.3 is 5.32 Å². The molecule has 1 N–H and O–H groups in total. The highest BCUT2D eigenvalue weighted by atomic mass is 32.1. The molecule has 19 heavy (non-hydrogen) atoms. The molecule has 0 radical (unpaired) electrons. The molecule has 3 rings (SSSR count). The largest absolute Gasteiger partial charge is 0.329 e. The Bertz CT molecular complexity index is 763. The Labute approximate surface area is 111 Å². The number of hydrogen-bond donors (Lipinski definition) is 1. The summed E-state index contributed by atoms with van der Waals surface area (Å²) in [7, 11) is 1.83. The van der Waals surface area contributed by atoms with Crippen molar-refractivity contribution in [2.75, 3.05) is 5.32 Å². The first-order valence-corrected chi connectivity index (χ1v) is 6.24. The predicted molar refractivity (Wildman–Crippen MR) is 72.8 cm³/mol. The molecule has 96 valence electrons. The van der Waals surface area contributed by atoms with E-state index in [9.17, 15) is 10.1 Å². The number of aryl methyl sites for hydroxylation is 1. The normalized spacial score (nSPS) is 10.8. The van der Waals surface area contributed by atoms with Crippen molar-refractivity contribution in [2.45, 2.75) is 0 Å². The van der Waals surface area contributed by atoms with Gasteiger partial charge in [-0.15, -0.1) is 0 Å². The fraction of sp³-hybridized carbons (Fsp3) is 0.0909. The Balaban J connectivity index is 1.95. The van der Waals surface area contributed by atoms with Crippen LogP contribution < -0.4 is 5.32 Å². The molecular weight excluding hydrogens is 266 g/mol. The molecule has 0 saturated heterocycles. The van der Waals surface area contributed by atoms with E-state index >= 15 is 0 Å². The van der Waals surface area contributed by atoms with Crippen molar-refractivity contribution in [3.63, 3.8) is 0 Å². The monoisotopic (exact) mass is 275 g/mol. The van der Waals surface area contributed by atoms with E-state index in [0.717, 1.165) is 15.9 Å². The molecule has 8 heteroatoms. The molecule has 0 fully saturated rings. The summed E-state index contributed by atoms with van der Waals surface area (Å²) in [5, 5.41) is 18.6. The van der Waals surface area contributed by atoms with E-state index in [1.165, 1.54) is 23.5 Å². The maximum absolute atomic E-state index is 10.7. The van der Waals surface area contributed by atoms with Crippen LogP contribution >= 0.6 is 11.3 Å². The zero-order chi connectivity index (χ0) is 13.4. The number of nitro groups is 1. The fourth-order valence-corrected chi connectivity index (χ4v) is 2.61. The van der Waals surface area contributed by atoms with Crippen molar-refractivity contribution >= 4 is 38.1 Å². The van der Waals surface area contributed by atoms with E-state index in [4.69, 9.17) is 0 Å². The summed E-state index contributed by atoms with van der Waals surface area (Å²) in [5.41, 5.74) is 1.64. The minimum absolute atomic E-state index is 0.0732. The van der Waals surface area contributed by atoms with Crippen molar-refractivity contribution in [1.29, 1.82) is 0 Å². The van der Waals surface area contributed by atoms with Gasteiger partial charge in [0.25, 0.3) is 5.69 Å². The molecular formula is C11H9N5O2S. The minimum atomic E-state index is -0.409. The minimum Gasteiger partial charge on any atom is -0.329 e. The van der Waals surface area contributed by atoms with Gasteiger partial charge in [-0.25, -0.2) is 4.98 Å². The molecule has 1 aromatic carbocycles. The number of nitro benzene ring substituents is 1. The zero-order valence-electron chi connectivity index (χ0n) is 9.90. The highest BCUT2D eigenvalue weighted by molar-refractivity contribution is 7.22. The third kappa shape index (κ3) is 2.25. The van der Waals surface area contributed by atoms with Gasteiger partial charge in [-0.05, 0) is 6.07 Å². The van der Waals surface area contributed by atoms with Crippen LogP contribution in [0.4, 0.5) is 16.5 Å². The lowest BCUT2D eigenvalue weighted by Crippen LogP contribution is -1.87. The maximum Gasteiger partial charge on any atom is 0.270 e. The topological polar surface area (TPSA) is 85.9 Å². The Morgan fingerprint density at radius 1 is 1.47 bits per heavy atom. The number of rotatable bonds is 3. The molecule has 3 aromatic rings. The standard InChI is InChI=1S/C11H9N5O2S/c1-15-6-7(5-12-15)13-11-14-9-3-2-8(16(17)18)4-10(9)19-11/h2-6H,1H3,(H,13,14). The lowest BCUT2D eigenvalue weighted by Gasteiger charge is -1.94. The summed E-state index contributed by atoms with van der Waals surface area (Å²) in [6.45, 7) is 0. The number of fused-ring (bicyclic) bond motifs is 1. The Morgan fingerprint density at radius 3 is 3.00 bits per heavy atom. The van der Waals surface area contributed by atoms with Gasteiger partial charge in [0.15, 0.2) is 5.13 Å². The van der Waals surface area contributed by atoms with Gasteiger partial charge in [0.1, 0.15) is 0 Å². The molecule has 0 aliphatic carbocycles. The van der Waals surface area contributed by atoms with E-state index in [1.54, 1.807) is 16.9 Å². The number of nitrogens with one attached hydrogen (secondary N) is 1. The average Bonchev–Trinajstić information content (AvgIpc) is 2.94. The van der Waals surface area contributed by atoms with Crippen LogP contribution in [0.2, 0.25) is 0 Å². The molecule has 0 unspecified atom stereocenters. The van der Waals surface area contributed by atoms with Crippen molar-refractivity contribution in [3.8, 4) is 0 Å². The second-order valence-electron chi connectivity index (χ2n) is 3.96. The highest BCUT2D eigenvalue weighted by Gasteiger charge is 2.10. The fourth-order valence-electron chi connectivity index (χ4n) is 1.69. The molecule has 2 heterocycles. The number of hydrogen-bond acceptors (Lipinski definition) is 6. The zero-order valence-corrected chi connectivity index (χ0v) is 10.7. The average molecular weight is 275 g/mol. The number of non-ortho nitro benzene ring substituents is 1. The molecule has 0 saturated carbocycles. The van der Waals surface area contributed by atoms with Crippen LogP contribution in [0.25, 0.3) is 10.2 Å². The number of thiazole rings is 1. The molecule has 0 aliphatic heterocycles. The third-order valence-electron chi connectivity index (χ3n) is 2.54. The van der Waals surface area contributed by atoms with E-state index in [2.05, 4.69) is 15.4 Å². The second-order valence-corrected chi connectivity index (χ2v) is 4.99. The first-order valence-electron chi connectivity index (χ1n) is 5.42. The first-order chi connectivity index (χ1) is 9.11. The van der Waals surface area contributed by atoms with Crippen molar-refractivity contribution < 1.29 is 4.92 Å².